The monoisotopic (exact) mass is 294 g/mol. The maximum absolute atomic E-state index is 13.8. The van der Waals surface area contributed by atoms with E-state index in [4.69, 9.17) is 12.2 Å². The first-order valence-electron chi connectivity index (χ1n) is 6.14. The van der Waals surface area contributed by atoms with E-state index in [1.165, 1.54) is 6.07 Å². The quantitative estimate of drug-likeness (QED) is 0.737. The first-order chi connectivity index (χ1) is 9.51. The second kappa shape index (κ2) is 4.52. The van der Waals surface area contributed by atoms with Gasteiger partial charge in [0.25, 0.3) is 0 Å². The topological polar surface area (TPSA) is 38.5 Å². The maximum atomic E-state index is 13.8. The summed E-state index contributed by atoms with van der Waals surface area (Å²) >= 11 is 5.24. The number of nitrogens with zero attached hydrogens (tertiary/aromatic N) is 3. The van der Waals surface area contributed by atoms with Crippen molar-refractivity contribution in [2.75, 3.05) is 0 Å². The molecule has 0 aliphatic rings. The normalized spacial score (nSPS) is 11.4. The third-order valence-electron chi connectivity index (χ3n) is 3.17. The maximum Gasteiger partial charge on any atom is 0.182 e. The Hall–Kier alpha value is -2.02. The van der Waals surface area contributed by atoms with Crippen molar-refractivity contribution in [2.24, 2.45) is 7.05 Å². The molecule has 0 saturated carbocycles. The van der Waals surface area contributed by atoms with Gasteiger partial charge in [-0.2, -0.15) is 5.10 Å². The zero-order valence-electron chi connectivity index (χ0n) is 10.9. The van der Waals surface area contributed by atoms with Gasteiger partial charge in [-0.3, -0.25) is 9.25 Å². The van der Waals surface area contributed by atoms with E-state index in [1.54, 1.807) is 22.5 Å². The van der Waals surface area contributed by atoms with E-state index in [9.17, 15) is 8.78 Å². The zero-order chi connectivity index (χ0) is 14.4. The van der Waals surface area contributed by atoms with Crippen LogP contribution in [0.4, 0.5) is 8.78 Å². The van der Waals surface area contributed by atoms with Gasteiger partial charge in [-0.25, -0.2) is 8.78 Å². The Morgan fingerprint density at radius 2 is 2.10 bits per heavy atom. The van der Waals surface area contributed by atoms with Gasteiger partial charge in [-0.15, -0.1) is 0 Å². The van der Waals surface area contributed by atoms with Crippen molar-refractivity contribution in [3.63, 3.8) is 0 Å². The second-order valence-corrected chi connectivity index (χ2v) is 4.92. The van der Waals surface area contributed by atoms with Gasteiger partial charge in [-0.05, 0) is 18.6 Å². The molecule has 0 atom stereocenters. The standard InChI is InChI=1S/C13H12F2N4S/c1-3-9-11(6-18(2)17-9)19-10-5-7(14)4-8(15)12(10)16-13(19)20/h4-6H,3H2,1-2H3,(H,16,20). The lowest BCUT2D eigenvalue weighted by Gasteiger charge is -2.03. The minimum Gasteiger partial charge on any atom is -0.328 e. The molecule has 20 heavy (non-hydrogen) atoms. The number of imidazole rings is 1. The number of nitrogens with one attached hydrogen (secondary N) is 1. The molecule has 0 radical (unpaired) electrons. The van der Waals surface area contributed by atoms with E-state index in [2.05, 4.69) is 10.1 Å². The highest BCUT2D eigenvalue weighted by Crippen LogP contribution is 2.24. The van der Waals surface area contributed by atoms with Crippen molar-refractivity contribution < 1.29 is 8.78 Å². The molecule has 0 amide bonds. The first kappa shape index (κ1) is 13.0. The fourth-order valence-electron chi connectivity index (χ4n) is 2.33. The van der Waals surface area contributed by atoms with Gasteiger partial charge in [0.15, 0.2) is 10.6 Å². The van der Waals surface area contributed by atoms with Crippen molar-refractivity contribution in [2.45, 2.75) is 13.3 Å². The highest BCUT2D eigenvalue weighted by Gasteiger charge is 2.16. The van der Waals surface area contributed by atoms with Gasteiger partial charge in [0.1, 0.15) is 11.3 Å². The van der Waals surface area contributed by atoms with Crippen molar-refractivity contribution in [3.05, 3.63) is 40.4 Å². The van der Waals surface area contributed by atoms with E-state index in [0.717, 1.165) is 17.4 Å². The molecule has 0 fully saturated rings. The molecule has 2 aromatic heterocycles. The second-order valence-electron chi connectivity index (χ2n) is 4.54. The predicted molar refractivity (Wildman–Crippen MR) is 74.5 cm³/mol. The Kier molecular flexibility index (Phi) is 2.93. The number of H-pyrrole nitrogens is 1. The number of hydrogen-bond donors (Lipinski definition) is 1. The molecule has 0 bridgehead atoms. The number of aryl methyl sites for hydroxylation is 2. The number of aromatic nitrogens is 4. The number of halogens is 2. The summed E-state index contributed by atoms with van der Waals surface area (Å²) in [5, 5.41) is 4.33. The number of benzene rings is 1. The molecule has 0 spiro atoms. The van der Waals surface area contributed by atoms with E-state index in [-0.39, 0.29) is 5.52 Å². The number of fused-ring (bicyclic) bond motifs is 1. The van der Waals surface area contributed by atoms with Gasteiger partial charge in [0, 0.05) is 25.4 Å². The fraction of sp³-hybridized carbons (Fsp3) is 0.231. The van der Waals surface area contributed by atoms with E-state index < -0.39 is 11.6 Å². The van der Waals surface area contributed by atoms with Crippen LogP contribution in [0.15, 0.2) is 18.3 Å². The largest absolute Gasteiger partial charge is 0.328 e. The van der Waals surface area contributed by atoms with Gasteiger partial charge >= 0.3 is 0 Å². The number of hydrogen-bond acceptors (Lipinski definition) is 2. The van der Waals surface area contributed by atoms with Crippen molar-refractivity contribution in [3.8, 4) is 5.69 Å². The lowest BCUT2D eigenvalue weighted by atomic mass is 10.2. The average molecular weight is 294 g/mol. The molecule has 104 valence electrons. The minimum absolute atomic E-state index is 0.197. The smallest absolute Gasteiger partial charge is 0.182 e. The van der Waals surface area contributed by atoms with E-state index in [1.807, 2.05) is 6.92 Å². The Labute approximate surface area is 118 Å². The Bertz CT molecular complexity index is 859. The SMILES string of the molecule is CCc1nn(C)cc1-n1c(=S)[nH]c2c(F)cc(F)cc21. The Balaban J connectivity index is 2.41. The van der Waals surface area contributed by atoms with Gasteiger partial charge in [0.2, 0.25) is 0 Å². The van der Waals surface area contributed by atoms with Crippen LogP contribution in [0.1, 0.15) is 12.6 Å². The van der Waals surface area contributed by atoms with Crippen molar-refractivity contribution in [1.29, 1.82) is 0 Å². The van der Waals surface area contributed by atoms with Gasteiger partial charge in [0.05, 0.1) is 16.9 Å². The molecule has 2 heterocycles. The lowest BCUT2D eigenvalue weighted by molar-refractivity contribution is 0.590. The predicted octanol–water partition coefficient (Wildman–Crippen LogP) is 3.26. The van der Waals surface area contributed by atoms with Crippen LogP contribution in [0, 0.1) is 16.4 Å². The van der Waals surface area contributed by atoms with E-state index in [0.29, 0.717) is 16.7 Å². The summed E-state index contributed by atoms with van der Waals surface area (Å²) in [4.78, 5) is 2.78. The molecule has 3 aromatic rings. The van der Waals surface area contributed by atoms with Crippen LogP contribution in [0.3, 0.4) is 0 Å². The molecule has 3 rings (SSSR count). The summed E-state index contributed by atoms with van der Waals surface area (Å²) in [5.41, 5.74) is 2.11. The third kappa shape index (κ3) is 1.85. The highest BCUT2D eigenvalue weighted by atomic mass is 32.1. The minimum atomic E-state index is -0.660. The number of aromatic amines is 1. The van der Waals surface area contributed by atoms with Crippen LogP contribution in [0.25, 0.3) is 16.7 Å². The van der Waals surface area contributed by atoms with Crippen LogP contribution < -0.4 is 0 Å². The van der Waals surface area contributed by atoms with E-state index >= 15 is 0 Å². The molecule has 0 unspecified atom stereocenters. The Morgan fingerprint density at radius 1 is 1.35 bits per heavy atom. The van der Waals surface area contributed by atoms with Crippen LogP contribution in [-0.2, 0) is 13.5 Å². The summed E-state index contributed by atoms with van der Waals surface area (Å²) < 4.78 is 30.8. The third-order valence-corrected chi connectivity index (χ3v) is 3.45. The van der Waals surface area contributed by atoms with Gasteiger partial charge in [-0.1, -0.05) is 6.92 Å². The van der Waals surface area contributed by atoms with Crippen LogP contribution >= 0.6 is 12.2 Å². The first-order valence-corrected chi connectivity index (χ1v) is 6.54. The van der Waals surface area contributed by atoms with Gasteiger partial charge < -0.3 is 4.98 Å². The average Bonchev–Trinajstić information content (AvgIpc) is 2.89. The summed E-state index contributed by atoms with van der Waals surface area (Å²) in [6, 6.07) is 2.10. The summed E-state index contributed by atoms with van der Waals surface area (Å²) in [7, 11) is 1.79. The molecule has 1 aromatic carbocycles. The van der Waals surface area contributed by atoms with Crippen LogP contribution in [0.2, 0.25) is 0 Å². The zero-order valence-corrected chi connectivity index (χ0v) is 11.8. The molecular formula is C13H12F2N4S. The summed E-state index contributed by atoms with van der Waals surface area (Å²) in [6.45, 7) is 1.96. The molecule has 0 aliphatic carbocycles. The highest BCUT2D eigenvalue weighted by molar-refractivity contribution is 7.71. The number of rotatable bonds is 2. The van der Waals surface area contributed by atoms with Crippen molar-refractivity contribution in [1.82, 2.24) is 19.3 Å². The molecule has 7 heteroatoms. The molecular weight excluding hydrogens is 282 g/mol. The molecule has 4 nitrogen and oxygen atoms in total. The summed E-state index contributed by atoms with van der Waals surface area (Å²) in [6.07, 6.45) is 2.48. The lowest BCUT2D eigenvalue weighted by Crippen LogP contribution is -1.97. The van der Waals surface area contributed by atoms with Crippen LogP contribution in [0.5, 0.6) is 0 Å². The Morgan fingerprint density at radius 3 is 2.80 bits per heavy atom. The fourth-order valence-corrected chi connectivity index (χ4v) is 2.63. The molecule has 0 aliphatic heterocycles. The molecule has 1 N–H and O–H groups in total. The summed E-state index contributed by atoms with van der Waals surface area (Å²) in [5.74, 6) is -1.30. The van der Waals surface area contributed by atoms with Crippen molar-refractivity contribution >= 4 is 23.3 Å². The van der Waals surface area contributed by atoms with Crippen LogP contribution in [-0.4, -0.2) is 19.3 Å². The molecule has 0 saturated heterocycles.